The summed E-state index contributed by atoms with van der Waals surface area (Å²) in [4.78, 5) is 2.65. The van der Waals surface area contributed by atoms with Gasteiger partial charge in [-0.05, 0) is 42.4 Å². The Bertz CT molecular complexity index is 728. The van der Waals surface area contributed by atoms with Gasteiger partial charge in [-0.2, -0.15) is 0 Å². The highest BCUT2D eigenvalue weighted by Crippen LogP contribution is 2.46. The van der Waals surface area contributed by atoms with E-state index in [-0.39, 0.29) is 0 Å². The first-order chi connectivity index (χ1) is 12.3. The van der Waals surface area contributed by atoms with Crippen LogP contribution in [-0.2, 0) is 12.8 Å². The highest BCUT2D eigenvalue weighted by molar-refractivity contribution is 5.53. The first-order valence-corrected chi connectivity index (χ1v) is 9.30. The average molecular weight is 337 g/mol. The van der Waals surface area contributed by atoms with E-state index < -0.39 is 0 Å². The molecule has 2 aromatic carbocycles. The molecule has 0 bridgehead atoms. The zero-order valence-electron chi connectivity index (χ0n) is 15.2. The molecule has 1 aliphatic carbocycles. The van der Waals surface area contributed by atoms with E-state index >= 15 is 0 Å². The molecule has 0 saturated carbocycles. The summed E-state index contributed by atoms with van der Waals surface area (Å²) in [5.74, 6) is 3.22. The van der Waals surface area contributed by atoms with Crippen LogP contribution in [0.4, 0.5) is 0 Å². The van der Waals surface area contributed by atoms with E-state index in [4.69, 9.17) is 9.47 Å². The maximum atomic E-state index is 5.68. The Balaban J connectivity index is 1.50. The fourth-order valence-corrected chi connectivity index (χ4v) is 4.66. The largest absolute Gasteiger partial charge is 0.493 e. The number of nitrogens with zero attached hydrogens (tertiary/aromatic N) is 1. The second-order valence-corrected chi connectivity index (χ2v) is 7.27. The minimum atomic E-state index is 0.638. The molecule has 3 heteroatoms. The third kappa shape index (κ3) is 3.13. The summed E-state index contributed by atoms with van der Waals surface area (Å²) in [6, 6.07) is 15.2. The lowest BCUT2D eigenvalue weighted by molar-refractivity contribution is 0.324. The van der Waals surface area contributed by atoms with Crippen molar-refractivity contribution in [1.29, 1.82) is 0 Å². The second-order valence-electron chi connectivity index (χ2n) is 7.27. The number of likely N-dealkylation sites (tertiary alicyclic amines) is 1. The monoisotopic (exact) mass is 337 g/mol. The molecule has 1 heterocycles. The number of hydrogen-bond acceptors (Lipinski definition) is 3. The van der Waals surface area contributed by atoms with Crippen molar-refractivity contribution in [1.82, 2.24) is 4.90 Å². The molecule has 2 aliphatic rings. The van der Waals surface area contributed by atoms with Crippen molar-refractivity contribution in [3.05, 3.63) is 59.2 Å². The van der Waals surface area contributed by atoms with Crippen molar-refractivity contribution in [3.8, 4) is 11.5 Å². The minimum Gasteiger partial charge on any atom is -0.493 e. The van der Waals surface area contributed by atoms with Crippen molar-refractivity contribution >= 4 is 0 Å². The summed E-state index contributed by atoms with van der Waals surface area (Å²) in [5, 5.41) is 0. The minimum absolute atomic E-state index is 0.638. The second kappa shape index (κ2) is 7.09. The molecule has 1 saturated heterocycles. The van der Waals surface area contributed by atoms with Crippen LogP contribution in [0.5, 0.6) is 11.5 Å². The number of hydrogen-bond donors (Lipinski definition) is 0. The molecule has 0 aromatic heterocycles. The third-order valence-electron chi connectivity index (χ3n) is 5.93. The Morgan fingerprint density at radius 2 is 1.84 bits per heavy atom. The van der Waals surface area contributed by atoms with E-state index in [9.17, 15) is 0 Å². The molecule has 2 atom stereocenters. The summed E-state index contributed by atoms with van der Waals surface area (Å²) < 4.78 is 11.2. The number of ether oxygens (including phenoxy) is 2. The summed E-state index contributed by atoms with van der Waals surface area (Å²) in [6.45, 7) is 3.55. The van der Waals surface area contributed by atoms with Gasteiger partial charge in [0.1, 0.15) is 0 Å². The van der Waals surface area contributed by atoms with Gasteiger partial charge < -0.3 is 14.4 Å². The van der Waals surface area contributed by atoms with Gasteiger partial charge in [0.2, 0.25) is 0 Å². The zero-order chi connectivity index (χ0) is 17.2. The number of methoxy groups -OCH3 is 2. The summed E-state index contributed by atoms with van der Waals surface area (Å²) >= 11 is 0. The summed E-state index contributed by atoms with van der Waals surface area (Å²) in [6.07, 6.45) is 3.49. The van der Waals surface area contributed by atoms with Crippen molar-refractivity contribution in [2.75, 3.05) is 33.9 Å². The van der Waals surface area contributed by atoms with Crippen LogP contribution < -0.4 is 9.47 Å². The van der Waals surface area contributed by atoms with Crippen LogP contribution in [0.3, 0.4) is 0 Å². The maximum Gasteiger partial charge on any atom is 0.164 e. The molecule has 25 heavy (non-hydrogen) atoms. The maximum absolute atomic E-state index is 5.68. The molecule has 2 aromatic rings. The van der Waals surface area contributed by atoms with Crippen LogP contribution in [0, 0.1) is 5.92 Å². The van der Waals surface area contributed by atoms with E-state index in [1.165, 1.54) is 36.2 Å². The SMILES string of the molecule is COc1ccc2c(c1OC)CC[C@H]1CN(CCc3ccccc3)C[C@@H]21. The first kappa shape index (κ1) is 16.5. The van der Waals surface area contributed by atoms with Crippen LogP contribution in [0.1, 0.15) is 29.0 Å². The van der Waals surface area contributed by atoms with Gasteiger partial charge in [0.15, 0.2) is 11.5 Å². The Hall–Kier alpha value is -2.00. The smallest absolute Gasteiger partial charge is 0.164 e. The highest BCUT2D eigenvalue weighted by Gasteiger charge is 2.38. The van der Waals surface area contributed by atoms with E-state index in [1.807, 2.05) is 0 Å². The molecule has 4 rings (SSSR count). The van der Waals surface area contributed by atoms with E-state index in [0.29, 0.717) is 5.92 Å². The topological polar surface area (TPSA) is 21.7 Å². The molecule has 1 aliphatic heterocycles. The Labute approximate surface area is 150 Å². The molecule has 3 nitrogen and oxygen atoms in total. The van der Waals surface area contributed by atoms with Crippen molar-refractivity contribution in [2.45, 2.75) is 25.2 Å². The highest BCUT2D eigenvalue weighted by atomic mass is 16.5. The first-order valence-electron chi connectivity index (χ1n) is 9.30. The van der Waals surface area contributed by atoms with Crippen LogP contribution in [0.2, 0.25) is 0 Å². The van der Waals surface area contributed by atoms with Crippen LogP contribution in [-0.4, -0.2) is 38.8 Å². The molecule has 0 spiro atoms. The van der Waals surface area contributed by atoms with Gasteiger partial charge >= 0.3 is 0 Å². The van der Waals surface area contributed by atoms with Gasteiger partial charge in [-0.25, -0.2) is 0 Å². The van der Waals surface area contributed by atoms with Gasteiger partial charge in [0.25, 0.3) is 0 Å². The van der Waals surface area contributed by atoms with E-state index in [2.05, 4.69) is 47.4 Å². The normalized spacial score (nSPS) is 22.3. The van der Waals surface area contributed by atoms with Crippen molar-refractivity contribution in [2.24, 2.45) is 5.92 Å². The molecule has 0 unspecified atom stereocenters. The molecule has 0 amide bonds. The predicted octanol–water partition coefficient (Wildman–Crippen LogP) is 3.91. The van der Waals surface area contributed by atoms with Gasteiger partial charge in [0, 0.05) is 31.1 Å². The van der Waals surface area contributed by atoms with Crippen LogP contribution in [0.15, 0.2) is 42.5 Å². The summed E-state index contributed by atoms with van der Waals surface area (Å²) in [5.41, 5.74) is 4.29. The molecule has 0 N–H and O–H groups in total. The van der Waals surface area contributed by atoms with E-state index in [0.717, 1.165) is 36.8 Å². The number of benzene rings is 2. The predicted molar refractivity (Wildman–Crippen MR) is 101 cm³/mol. The Morgan fingerprint density at radius 3 is 2.60 bits per heavy atom. The molecule has 1 fully saturated rings. The lowest BCUT2D eigenvalue weighted by atomic mass is 9.76. The molecule has 0 radical (unpaired) electrons. The third-order valence-corrected chi connectivity index (χ3v) is 5.93. The fourth-order valence-electron chi connectivity index (χ4n) is 4.66. The Morgan fingerprint density at radius 1 is 1.00 bits per heavy atom. The number of fused-ring (bicyclic) bond motifs is 3. The van der Waals surface area contributed by atoms with Crippen molar-refractivity contribution < 1.29 is 9.47 Å². The van der Waals surface area contributed by atoms with E-state index in [1.54, 1.807) is 14.2 Å². The molecule has 132 valence electrons. The van der Waals surface area contributed by atoms with Crippen molar-refractivity contribution in [3.63, 3.8) is 0 Å². The molecular weight excluding hydrogens is 310 g/mol. The Kier molecular flexibility index (Phi) is 4.67. The lowest BCUT2D eigenvalue weighted by Gasteiger charge is -2.29. The quantitative estimate of drug-likeness (QED) is 0.826. The van der Waals surface area contributed by atoms with Gasteiger partial charge in [0.05, 0.1) is 14.2 Å². The summed E-state index contributed by atoms with van der Waals surface area (Å²) in [7, 11) is 3.47. The van der Waals surface area contributed by atoms with Gasteiger partial charge in [-0.15, -0.1) is 0 Å². The number of rotatable bonds is 5. The van der Waals surface area contributed by atoms with Crippen LogP contribution >= 0.6 is 0 Å². The molecular formula is C22H27NO2. The standard InChI is InChI=1S/C22H27NO2/c1-24-21-11-10-18-19(22(21)25-2)9-8-17-14-23(15-20(17)18)13-12-16-6-4-3-5-7-16/h3-7,10-11,17,20H,8-9,12-15H2,1-2H3/t17-,20+/m0/s1. The van der Waals surface area contributed by atoms with Gasteiger partial charge in [-0.3, -0.25) is 0 Å². The lowest BCUT2D eigenvalue weighted by Crippen LogP contribution is -2.23. The van der Waals surface area contributed by atoms with Crippen LogP contribution in [0.25, 0.3) is 0 Å². The average Bonchev–Trinajstić information content (AvgIpc) is 3.09. The zero-order valence-corrected chi connectivity index (χ0v) is 15.2. The fraction of sp³-hybridized carbons (Fsp3) is 0.455. The van der Waals surface area contributed by atoms with Gasteiger partial charge in [-0.1, -0.05) is 36.4 Å².